The summed E-state index contributed by atoms with van der Waals surface area (Å²) in [6.45, 7) is 0. The van der Waals surface area contributed by atoms with Gasteiger partial charge in [0.05, 0.1) is 10.2 Å². The van der Waals surface area contributed by atoms with Crippen LogP contribution < -0.4 is 0 Å². The van der Waals surface area contributed by atoms with Crippen molar-refractivity contribution in [2.24, 2.45) is 0 Å². The smallest absolute Gasteiger partial charge is 0.151 e. The Balaban J connectivity index is 2.42. The van der Waals surface area contributed by atoms with Crippen LogP contribution >= 0.6 is 22.4 Å². The average molecular weight is 155 g/mol. The maximum absolute atomic E-state index is 10.4. The zero-order valence-corrected chi connectivity index (χ0v) is 5.72. The molecule has 0 aromatic carbocycles. The van der Waals surface area contributed by atoms with E-state index in [9.17, 15) is 4.55 Å². The van der Waals surface area contributed by atoms with E-state index in [1.165, 1.54) is 10.8 Å². The van der Waals surface area contributed by atoms with Crippen molar-refractivity contribution in [1.82, 2.24) is 0 Å². The van der Waals surface area contributed by atoms with E-state index in [2.05, 4.69) is 0 Å². The molecule has 0 saturated heterocycles. The quantitative estimate of drug-likeness (QED) is 0.300. The number of alkyl halides is 1. The maximum Gasteiger partial charge on any atom is 0.151 e. The molecule has 0 radical (unpaired) electrons. The van der Waals surface area contributed by atoms with Gasteiger partial charge < -0.3 is 4.55 Å². The minimum atomic E-state index is -0.849. The molecule has 2 unspecified atom stereocenters. The summed E-state index contributed by atoms with van der Waals surface area (Å²) in [6, 6.07) is 0. The van der Waals surface area contributed by atoms with Crippen molar-refractivity contribution in [2.75, 3.05) is 0 Å². The van der Waals surface area contributed by atoms with E-state index in [-0.39, 0.29) is 4.71 Å². The third-order valence-electron chi connectivity index (χ3n) is 0.528. The SMILES string of the molecule is [O-][S+]1C=CC(Cl)S1. The van der Waals surface area contributed by atoms with E-state index in [4.69, 9.17) is 11.6 Å². The lowest BCUT2D eigenvalue weighted by molar-refractivity contribution is 0.617. The fraction of sp³-hybridized carbons (Fsp3) is 0.333. The summed E-state index contributed by atoms with van der Waals surface area (Å²) in [5.74, 6) is 0. The molecule has 0 aromatic heterocycles. The fourth-order valence-corrected chi connectivity index (χ4v) is 2.98. The third kappa shape index (κ3) is 1.57. The Labute approximate surface area is 53.7 Å². The minimum Gasteiger partial charge on any atom is -0.601 e. The van der Waals surface area contributed by atoms with Crippen molar-refractivity contribution in [3.63, 3.8) is 0 Å². The molecule has 0 aromatic rings. The van der Waals surface area contributed by atoms with Crippen LogP contribution in [0.4, 0.5) is 0 Å². The molecule has 1 rings (SSSR count). The summed E-state index contributed by atoms with van der Waals surface area (Å²) >= 11 is 5.49. The van der Waals surface area contributed by atoms with Crippen LogP contribution in [0.25, 0.3) is 0 Å². The van der Waals surface area contributed by atoms with Crippen LogP contribution in [-0.2, 0) is 10.2 Å². The molecule has 1 aliphatic rings. The molecule has 0 N–H and O–H groups in total. The largest absolute Gasteiger partial charge is 0.601 e. The summed E-state index contributed by atoms with van der Waals surface area (Å²) in [5, 5.41) is 1.60. The first kappa shape index (κ1) is 5.82. The van der Waals surface area contributed by atoms with Gasteiger partial charge >= 0.3 is 0 Å². The summed E-state index contributed by atoms with van der Waals surface area (Å²) < 4.78 is 10.3. The van der Waals surface area contributed by atoms with Gasteiger partial charge in [0.2, 0.25) is 0 Å². The summed E-state index contributed by atoms with van der Waals surface area (Å²) in [5.41, 5.74) is 0. The molecule has 1 aliphatic heterocycles. The number of rotatable bonds is 0. The highest BCUT2D eigenvalue weighted by Crippen LogP contribution is 2.30. The van der Waals surface area contributed by atoms with Crippen LogP contribution in [0.3, 0.4) is 0 Å². The highest BCUT2D eigenvalue weighted by Gasteiger charge is 2.19. The van der Waals surface area contributed by atoms with Crippen LogP contribution in [0, 0.1) is 0 Å². The molecule has 0 bridgehead atoms. The second-order valence-corrected chi connectivity index (χ2v) is 4.82. The standard InChI is InChI=1S/C3H3ClOS2/c4-3-1-2-7(5)6-3/h1-3H. The maximum atomic E-state index is 10.4. The molecule has 0 aliphatic carbocycles. The molecule has 0 amide bonds. The van der Waals surface area contributed by atoms with Crippen molar-refractivity contribution >= 4 is 32.6 Å². The molecular formula is C3H3ClOS2. The monoisotopic (exact) mass is 154 g/mol. The Morgan fingerprint density at radius 2 is 2.57 bits per heavy atom. The molecule has 1 nitrogen and oxygen atoms in total. The van der Waals surface area contributed by atoms with Gasteiger partial charge in [-0.1, -0.05) is 0 Å². The van der Waals surface area contributed by atoms with Gasteiger partial charge in [0.25, 0.3) is 0 Å². The van der Waals surface area contributed by atoms with Gasteiger partial charge in [-0.2, -0.15) is 0 Å². The Hall–Kier alpha value is 0.690. The van der Waals surface area contributed by atoms with Gasteiger partial charge in [0, 0.05) is 0 Å². The predicted octanol–water partition coefficient (Wildman–Crippen LogP) is 1.48. The summed E-state index contributed by atoms with van der Waals surface area (Å²) in [7, 11) is 0.398. The minimum absolute atomic E-state index is 0.0687. The van der Waals surface area contributed by atoms with E-state index >= 15 is 0 Å². The zero-order chi connectivity index (χ0) is 5.28. The van der Waals surface area contributed by atoms with E-state index in [1.54, 1.807) is 11.5 Å². The average Bonchev–Trinajstić information content (AvgIpc) is 1.87. The number of halogens is 1. The molecule has 4 heteroatoms. The van der Waals surface area contributed by atoms with Crippen LogP contribution in [0.15, 0.2) is 11.5 Å². The van der Waals surface area contributed by atoms with E-state index in [0.29, 0.717) is 0 Å². The lowest BCUT2D eigenvalue weighted by Crippen LogP contribution is -1.82. The molecule has 0 fully saturated rings. The van der Waals surface area contributed by atoms with E-state index in [0.717, 1.165) is 0 Å². The summed E-state index contributed by atoms with van der Waals surface area (Å²) in [4.78, 5) is 0. The van der Waals surface area contributed by atoms with Gasteiger partial charge in [-0.3, -0.25) is 0 Å². The lowest BCUT2D eigenvalue weighted by atomic mass is 10.8. The van der Waals surface area contributed by atoms with Crippen LogP contribution in [0.2, 0.25) is 0 Å². The van der Waals surface area contributed by atoms with Gasteiger partial charge in [-0.05, 0) is 6.08 Å². The van der Waals surface area contributed by atoms with Crippen molar-refractivity contribution in [1.29, 1.82) is 0 Å². The molecule has 0 spiro atoms. The van der Waals surface area contributed by atoms with Gasteiger partial charge in [0.15, 0.2) is 4.71 Å². The molecule has 1 heterocycles. The zero-order valence-electron chi connectivity index (χ0n) is 3.33. The highest BCUT2D eigenvalue weighted by molar-refractivity contribution is 8.74. The second-order valence-electron chi connectivity index (χ2n) is 1.04. The first-order chi connectivity index (χ1) is 3.29. The Kier molecular flexibility index (Phi) is 1.92. The normalized spacial score (nSPS) is 39.7. The Bertz CT molecular complexity index is 84.9. The van der Waals surface area contributed by atoms with Gasteiger partial charge in [-0.15, -0.1) is 11.6 Å². The molecular weight excluding hydrogens is 152 g/mol. The number of hydrogen-bond acceptors (Lipinski definition) is 2. The molecule has 0 saturated carbocycles. The molecule has 40 valence electrons. The van der Waals surface area contributed by atoms with Crippen molar-refractivity contribution < 1.29 is 4.55 Å². The van der Waals surface area contributed by atoms with E-state index < -0.39 is 10.2 Å². The number of hydrogen-bond donors (Lipinski definition) is 0. The molecule has 7 heavy (non-hydrogen) atoms. The second kappa shape index (κ2) is 2.31. The van der Waals surface area contributed by atoms with Crippen LogP contribution in [0.5, 0.6) is 0 Å². The fourth-order valence-electron chi connectivity index (χ4n) is 0.281. The van der Waals surface area contributed by atoms with Crippen LogP contribution in [0.1, 0.15) is 0 Å². The first-order valence-electron chi connectivity index (χ1n) is 1.69. The Morgan fingerprint density at radius 3 is 2.71 bits per heavy atom. The predicted molar refractivity (Wildman–Crippen MR) is 34.5 cm³/mol. The van der Waals surface area contributed by atoms with Crippen molar-refractivity contribution in [3.8, 4) is 0 Å². The van der Waals surface area contributed by atoms with Crippen molar-refractivity contribution in [3.05, 3.63) is 11.5 Å². The highest BCUT2D eigenvalue weighted by atomic mass is 35.5. The third-order valence-corrected chi connectivity index (χ3v) is 3.69. The summed E-state index contributed by atoms with van der Waals surface area (Å²) in [6.07, 6.45) is 1.72. The Morgan fingerprint density at radius 1 is 1.86 bits per heavy atom. The van der Waals surface area contributed by atoms with E-state index in [1.807, 2.05) is 0 Å². The molecule has 2 atom stereocenters. The topological polar surface area (TPSA) is 23.1 Å². The van der Waals surface area contributed by atoms with Gasteiger partial charge in [-0.25, -0.2) is 0 Å². The lowest BCUT2D eigenvalue weighted by Gasteiger charge is -1.93. The van der Waals surface area contributed by atoms with Crippen LogP contribution in [-0.4, -0.2) is 9.26 Å². The van der Waals surface area contributed by atoms with Crippen molar-refractivity contribution in [2.45, 2.75) is 4.71 Å². The van der Waals surface area contributed by atoms with Gasteiger partial charge in [0.1, 0.15) is 16.2 Å². The first-order valence-corrected chi connectivity index (χ1v) is 4.74.